The zero-order valence-corrected chi connectivity index (χ0v) is 11.0. The predicted octanol–water partition coefficient (Wildman–Crippen LogP) is 1.88. The third-order valence-corrected chi connectivity index (χ3v) is 3.36. The van der Waals surface area contributed by atoms with E-state index in [9.17, 15) is 18.0 Å². The molecule has 2 atom stereocenters. The molecule has 1 saturated heterocycles. The number of amides is 1. The van der Waals surface area contributed by atoms with Crippen LogP contribution in [-0.2, 0) is 0 Å². The van der Waals surface area contributed by atoms with Crippen molar-refractivity contribution in [3.8, 4) is 0 Å². The number of aromatic nitrogens is 1. The molecule has 1 amide bonds. The molecule has 1 aliphatic heterocycles. The van der Waals surface area contributed by atoms with Crippen molar-refractivity contribution in [1.29, 1.82) is 0 Å². The molecule has 0 spiro atoms. The van der Waals surface area contributed by atoms with E-state index >= 15 is 0 Å². The number of likely N-dealkylation sites (tertiary alicyclic amines) is 1. The predicted molar refractivity (Wildman–Crippen MR) is 67.1 cm³/mol. The van der Waals surface area contributed by atoms with Gasteiger partial charge in [0.15, 0.2) is 0 Å². The lowest BCUT2D eigenvalue weighted by Crippen LogP contribution is -2.56. The maximum absolute atomic E-state index is 13.0. The first-order chi connectivity index (χ1) is 9.29. The van der Waals surface area contributed by atoms with Gasteiger partial charge >= 0.3 is 6.18 Å². The van der Waals surface area contributed by atoms with Crippen LogP contribution in [0.15, 0.2) is 18.2 Å². The largest absolute Gasteiger partial charge is 0.408 e. The average molecular weight is 287 g/mol. The minimum atomic E-state index is -4.44. The fourth-order valence-electron chi connectivity index (χ4n) is 2.37. The summed E-state index contributed by atoms with van der Waals surface area (Å²) in [5, 5.41) is 0. The molecule has 0 aliphatic carbocycles. The Labute approximate surface area is 114 Å². The van der Waals surface area contributed by atoms with Crippen molar-refractivity contribution in [2.75, 3.05) is 6.54 Å². The van der Waals surface area contributed by atoms with Gasteiger partial charge in [0.2, 0.25) is 0 Å². The molecule has 2 unspecified atom stereocenters. The first-order valence-corrected chi connectivity index (χ1v) is 6.36. The maximum Gasteiger partial charge on any atom is 0.408 e. The molecule has 2 N–H and O–H groups in total. The van der Waals surface area contributed by atoms with Crippen LogP contribution in [0.25, 0.3) is 0 Å². The van der Waals surface area contributed by atoms with E-state index in [1.54, 1.807) is 19.1 Å². The van der Waals surface area contributed by atoms with Crippen molar-refractivity contribution in [3.05, 3.63) is 29.6 Å². The van der Waals surface area contributed by atoms with E-state index in [2.05, 4.69) is 4.98 Å². The Morgan fingerprint density at radius 3 is 2.70 bits per heavy atom. The number of nitrogens with zero attached hydrogens (tertiary/aromatic N) is 2. The number of hydrogen-bond acceptors (Lipinski definition) is 3. The molecule has 0 bridgehead atoms. The number of carbonyl (C=O) groups is 1. The van der Waals surface area contributed by atoms with E-state index < -0.39 is 24.2 Å². The van der Waals surface area contributed by atoms with Gasteiger partial charge < -0.3 is 10.6 Å². The lowest BCUT2D eigenvalue weighted by atomic mass is 9.98. The second-order valence-corrected chi connectivity index (χ2v) is 5.02. The van der Waals surface area contributed by atoms with Gasteiger partial charge in [0, 0.05) is 18.3 Å². The molecule has 1 aliphatic rings. The van der Waals surface area contributed by atoms with Crippen LogP contribution in [0.1, 0.15) is 29.0 Å². The van der Waals surface area contributed by atoms with E-state index in [0.717, 1.165) is 4.90 Å². The molecule has 2 heterocycles. The Morgan fingerprint density at radius 1 is 1.40 bits per heavy atom. The third-order valence-electron chi connectivity index (χ3n) is 3.36. The number of alkyl halides is 3. The molecule has 0 aromatic carbocycles. The summed E-state index contributed by atoms with van der Waals surface area (Å²) in [6.45, 7) is 1.58. The van der Waals surface area contributed by atoms with E-state index in [1.807, 2.05) is 0 Å². The molecular weight excluding hydrogens is 271 g/mol. The summed E-state index contributed by atoms with van der Waals surface area (Å²) in [7, 11) is 0. The lowest BCUT2D eigenvalue weighted by molar-refractivity contribution is -0.184. The lowest BCUT2D eigenvalue weighted by Gasteiger charge is -2.39. The number of rotatable bonds is 1. The summed E-state index contributed by atoms with van der Waals surface area (Å²) in [6, 6.07) is 2.49. The quantitative estimate of drug-likeness (QED) is 0.858. The Morgan fingerprint density at radius 2 is 2.10 bits per heavy atom. The highest BCUT2D eigenvalue weighted by molar-refractivity contribution is 5.92. The summed E-state index contributed by atoms with van der Waals surface area (Å²) < 4.78 is 39.1. The van der Waals surface area contributed by atoms with Crippen LogP contribution in [0.4, 0.5) is 13.2 Å². The van der Waals surface area contributed by atoms with Crippen molar-refractivity contribution in [2.45, 2.75) is 38.0 Å². The van der Waals surface area contributed by atoms with Crippen molar-refractivity contribution in [3.63, 3.8) is 0 Å². The summed E-state index contributed by atoms with van der Waals surface area (Å²) in [6.07, 6.45) is -4.35. The molecule has 2 rings (SSSR count). The fraction of sp³-hybridized carbons (Fsp3) is 0.538. The minimum Gasteiger partial charge on any atom is -0.326 e. The normalized spacial score (nSPS) is 23.8. The fourth-order valence-corrected chi connectivity index (χ4v) is 2.37. The van der Waals surface area contributed by atoms with Gasteiger partial charge in [0.25, 0.3) is 5.91 Å². The second kappa shape index (κ2) is 5.40. The molecule has 110 valence electrons. The number of halogens is 3. The molecule has 1 aromatic rings. The van der Waals surface area contributed by atoms with Crippen LogP contribution in [-0.4, -0.2) is 40.6 Å². The van der Waals surface area contributed by atoms with Gasteiger partial charge in [-0.3, -0.25) is 4.79 Å². The third kappa shape index (κ3) is 3.09. The van der Waals surface area contributed by atoms with Crippen LogP contribution >= 0.6 is 0 Å². The first kappa shape index (κ1) is 14.8. The average Bonchev–Trinajstić information content (AvgIpc) is 2.36. The van der Waals surface area contributed by atoms with Gasteiger partial charge in [0.1, 0.15) is 11.7 Å². The van der Waals surface area contributed by atoms with Crippen molar-refractivity contribution >= 4 is 5.91 Å². The van der Waals surface area contributed by atoms with Gasteiger partial charge in [0.05, 0.1) is 0 Å². The van der Waals surface area contributed by atoms with Crippen LogP contribution in [0.3, 0.4) is 0 Å². The Balaban J connectivity index is 2.29. The Bertz CT molecular complexity index is 504. The van der Waals surface area contributed by atoms with Crippen LogP contribution in [0, 0.1) is 6.92 Å². The molecule has 20 heavy (non-hydrogen) atoms. The number of pyridine rings is 1. The smallest absolute Gasteiger partial charge is 0.326 e. The topological polar surface area (TPSA) is 59.2 Å². The van der Waals surface area contributed by atoms with Gasteiger partial charge in [-0.1, -0.05) is 6.07 Å². The highest BCUT2D eigenvalue weighted by atomic mass is 19.4. The number of carbonyl (C=O) groups excluding carboxylic acids is 1. The molecule has 1 fully saturated rings. The van der Waals surface area contributed by atoms with Crippen molar-refractivity contribution in [1.82, 2.24) is 9.88 Å². The van der Waals surface area contributed by atoms with Crippen LogP contribution in [0.2, 0.25) is 0 Å². The molecule has 4 nitrogen and oxygen atoms in total. The summed E-state index contributed by atoms with van der Waals surface area (Å²) in [4.78, 5) is 17.1. The van der Waals surface area contributed by atoms with E-state index in [0.29, 0.717) is 5.69 Å². The zero-order chi connectivity index (χ0) is 14.9. The standard InChI is InChI=1S/C13H16F3N3O/c1-8-3-2-4-10(18-8)12(20)19-7-9(17)5-6-11(19)13(14,15)16/h2-4,9,11H,5-7,17H2,1H3. The molecule has 0 saturated carbocycles. The Kier molecular flexibility index (Phi) is 3.99. The van der Waals surface area contributed by atoms with E-state index in [4.69, 9.17) is 5.73 Å². The second-order valence-electron chi connectivity index (χ2n) is 5.02. The monoisotopic (exact) mass is 287 g/mol. The minimum absolute atomic E-state index is 0.0216. The Hall–Kier alpha value is -1.63. The number of nitrogens with two attached hydrogens (primary N) is 1. The highest BCUT2D eigenvalue weighted by Gasteiger charge is 2.47. The molecule has 7 heteroatoms. The number of aryl methyl sites for hydroxylation is 1. The molecular formula is C13H16F3N3O. The van der Waals surface area contributed by atoms with Crippen LogP contribution < -0.4 is 5.73 Å². The van der Waals surface area contributed by atoms with Gasteiger partial charge in [-0.25, -0.2) is 4.98 Å². The summed E-state index contributed by atoms with van der Waals surface area (Å²) >= 11 is 0. The number of piperidine rings is 1. The molecule has 1 aromatic heterocycles. The van der Waals surface area contributed by atoms with Crippen LogP contribution in [0.5, 0.6) is 0 Å². The molecule has 0 radical (unpaired) electrons. The summed E-state index contributed by atoms with van der Waals surface area (Å²) in [5.74, 6) is -0.717. The summed E-state index contributed by atoms with van der Waals surface area (Å²) in [5.41, 5.74) is 6.30. The first-order valence-electron chi connectivity index (χ1n) is 6.36. The van der Waals surface area contributed by atoms with E-state index in [1.165, 1.54) is 6.07 Å². The van der Waals surface area contributed by atoms with Gasteiger partial charge in [-0.15, -0.1) is 0 Å². The SMILES string of the molecule is Cc1cccc(C(=O)N2CC(N)CCC2C(F)(F)F)n1. The number of hydrogen-bond donors (Lipinski definition) is 1. The maximum atomic E-state index is 13.0. The zero-order valence-electron chi connectivity index (χ0n) is 11.0. The van der Waals surface area contributed by atoms with E-state index in [-0.39, 0.29) is 25.1 Å². The highest BCUT2D eigenvalue weighted by Crippen LogP contribution is 2.32. The van der Waals surface area contributed by atoms with Crippen molar-refractivity contribution in [2.24, 2.45) is 5.73 Å². The van der Waals surface area contributed by atoms with Gasteiger partial charge in [-0.2, -0.15) is 13.2 Å². The van der Waals surface area contributed by atoms with Gasteiger partial charge in [-0.05, 0) is 31.9 Å². The van der Waals surface area contributed by atoms with Crippen molar-refractivity contribution < 1.29 is 18.0 Å².